The minimum atomic E-state index is 0.0146. The van der Waals surface area contributed by atoms with Gasteiger partial charge in [-0.25, -0.2) is 0 Å². The molecule has 2 heterocycles. The number of aliphatic hydroxyl groups excluding tert-OH is 1. The van der Waals surface area contributed by atoms with Crippen LogP contribution in [0.2, 0.25) is 10.0 Å². The van der Waals surface area contributed by atoms with Crippen molar-refractivity contribution in [1.82, 2.24) is 9.55 Å². The SMILES string of the molecule is CC(C)c1c(CO)cn(Cc2ccncc2)c1Sc1cc(Cl)cc(Cl)c1. The van der Waals surface area contributed by atoms with Crippen LogP contribution in [0.1, 0.15) is 36.5 Å². The van der Waals surface area contributed by atoms with Crippen molar-refractivity contribution in [2.75, 3.05) is 0 Å². The Morgan fingerprint density at radius 1 is 1.12 bits per heavy atom. The number of hydrogen-bond donors (Lipinski definition) is 1. The van der Waals surface area contributed by atoms with E-state index in [4.69, 9.17) is 23.2 Å². The second-order valence-corrected chi connectivity index (χ2v) is 8.31. The van der Waals surface area contributed by atoms with Gasteiger partial charge in [-0.1, -0.05) is 48.8 Å². The lowest BCUT2D eigenvalue weighted by atomic mass is 10.0. The van der Waals surface area contributed by atoms with Gasteiger partial charge in [0.1, 0.15) is 0 Å². The summed E-state index contributed by atoms with van der Waals surface area (Å²) in [5.41, 5.74) is 3.26. The van der Waals surface area contributed by atoms with Crippen molar-refractivity contribution in [3.63, 3.8) is 0 Å². The molecule has 0 saturated heterocycles. The van der Waals surface area contributed by atoms with Crippen molar-refractivity contribution < 1.29 is 5.11 Å². The summed E-state index contributed by atoms with van der Waals surface area (Å²) in [6.07, 6.45) is 5.61. The van der Waals surface area contributed by atoms with Gasteiger partial charge in [0.25, 0.3) is 0 Å². The number of nitrogens with zero attached hydrogens (tertiary/aromatic N) is 2. The molecule has 0 fully saturated rings. The van der Waals surface area contributed by atoms with Gasteiger partial charge in [0.2, 0.25) is 0 Å². The Hall–Kier alpha value is -1.46. The molecule has 0 saturated carbocycles. The molecule has 136 valence electrons. The molecule has 0 radical (unpaired) electrons. The van der Waals surface area contributed by atoms with E-state index in [1.54, 1.807) is 30.2 Å². The van der Waals surface area contributed by atoms with Gasteiger partial charge >= 0.3 is 0 Å². The average molecular weight is 407 g/mol. The van der Waals surface area contributed by atoms with Gasteiger partial charge in [-0.05, 0) is 52.9 Å². The molecule has 0 aliphatic rings. The van der Waals surface area contributed by atoms with Gasteiger partial charge in [-0.15, -0.1) is 0 Å². The second kappa shape index (κ2) is 8.49. The van der Waals surface area contributed by atoms with Gasteiger partial charge < -0.3 is 9.67 Å². The summed E-state index contributed by atoms with van der Waals surface area (Å²) in [6.45, 7) is 5.00. The molecule has 1 aromatic carbocycles. The average Bonchev–Trinajstić information content (AvgIpc) is 2.92. The minimum absolute atomic E-state index is 0.0146. The van der Waals surface area contributed by atoms with Crippen LogP contribution in [-0.4, -0.2) is 14.7 Å². The summed E-state index contributed by atoms with van der Waals surface area (Å²) in [6, 6.07) is 9.54. The van der Waals surface area contributed by atoms with Gasteiger partial charge in [-0.2, -0.15) is 0 Å². The predicted molar refractivity (Wildman–Crippen MR) is 108 cm³/mol. The molecule has 0 atom stereocenters. The third kappa shape index (κ3) is 4.44. The van der Waals surface area contributed by atoms with E-state index in [1.165, 1.54) is 0 Å². The van der Waals surface area contributed by atoms with Gasteiger partial charge in [0.05, 0.1) is 11.6 Å². The molecule has 0 bridgehead atoms. The maximum absolute atomic E-state index is 9.85. The first kappa shape index (κ1) is 19.3. The maximum atomic E-state index is 9.85. The third-order valence-electron chi connectivity index (χ3n) is 4.05. The number of aromatic nitrogens is 2. The summed E-state index contributed by atoms with van der Waals surface area (Å²) >= 11 is 14.0. The lowest BCUT2D eigenvalue weighted by Crippen LogP contribution is -2.01. The highest BCUT2D eigenvalue weighted by atomic mass is 35.5. The smallest absolute Gasteiger partial charge is 0.0838 e. The minimum Gasteiger partial charge on any atom is -0.392 e. The molecule has 3 aromatic rings. The molecular formula is C20H20Cl2N2OS. The Kier molecular flexibility index (Phi) is 6.30. The Labute approximate surface area is 168 Å². The van der Waals surface area contributed by atoms with Crippen molar-refractivity contribution >= 4 is 35.0 Å². The van der Waals surface area contributed by atoms with Crippen LogP contribution in [-0.2, 0) is 13.2 Å². The first-order valence-electron chi connectivity index (χ1n) is 8.33. The summed E-state index contributed by atoms with van der Waals surface area (Å²) in [7, 11) is 0. The van der Waals surface area contributed by atoms with E-state index in [2.05, 4.69) is 23.4 Å². The molecule has 26 heavy (non-hydrogen) atoms. The van der Waals surface area contributed by atoms with Crippen LogP contribution >= 0.6 is 35.0 Å². The standard InChI is InChI=1S/C20H20Cl2N2OS/c1-13(2)19-15(12-25)11-24(10-14-3-5-23-6-4-14)20(19)26-18-8-16(21)7-17(22)9-18/h3-9,11,13,25H,10,12H2,1-2H3. The highest BCUT2D eigenvalue weighted by Crippen LogP contribution is 2.39. The molecule has 0 aliphatic carbocycles. The van der Waals surface area contributed by atoms with E-state index in [-0.39, 0.29) is 12.5 Å². The molecular weight excluding hydrogens is 387 g/mol. The lowest BCUT2D eigenvalue weighted by molar-refractivity contribution is 0.280. The van der Waals surface area contributed by atoms with Crippen molar-refractivity contribution in [2.45, 2.75) is 42.8 Å². The highest BCUT2D eigenvalue weighted by Gasteiger charge is 2.19. The Morgan fingerprint density at radius 3 is 2.35 bits per heavy atom. The van der Waals surface area contributed by atoms with Gasteiger partial charge in [0, 0.05) is 40.1 Å². The molecule has 3 nitrogen and oxygen atoms in total. The van der Waals surface area contributed by atoms with Crippen molar-refractivity contribution in [1.29, 1.82) is 0 Å². The maximum Gasteiger partial charge on any atom is 0.0838 e. The second-order valence-electron chi connectivity index (χ2n) is 6.38. The number of hydrogen-bond acceptors (Lipinski definition) is 3. The Balaban J connectivity index is 2.06. The number of pyridine rings is 1. The molecule has 0 unspecified atom stereocenters. The first-order valence-corrected chi connectivity index (χ1v) is 9.90. The number of rotatable bonds is 6. The van der Waals surface area contributed by atoms with Crippen LogP contribution in [0.15, 0.2) is 58.8 Å². The van der Waals surface area contributed by atoms with Crippen LogP contribution < -0.4 is 0 Å². The van der Waals surface area contributed by atoms with E-state index in [9.17, 15) is 5.11 Å². The lowest BCUT2D eigenvalue weighted by Gasteiger charge is -2.14. The summed E-state index contributed by atoms with van der Waals surface area (Å²) in [5.74, 6) is 0.285. The van der Waals surface area contributed by atoms with E-state index >= 15 is 0 Å². The number of aliphatic hydroxyl groups is 1. The Morgan fingerprint density at radius 2 is 1.77 bits per heavy atom. The fourth-order valence-corrected chi connectivity index (χ4v) is 4.93. The zero-order valence-corrected chi connectivity index (χ0v) is 16.9. The molecule has 2 aromatic heterocycles. The molecule has 0 aliphatic heterocycles. The quantitative estimate of drug-likeness (QED) is 0.544. The van der Waals surface area contributed by atoms with Crippen LogP contribution in [0.5, 0.6) is 0 Å². The zero-order chi connectivity index (χ0) is 18.7. The first-order chi connectivity index (χ1) is 12.5. The van der Waals surface area contributed by atoms with Crippen molar-refractivity contribution in [2.24, 2.45) is 0 Å². The van der Waals surface area contributed by atoms with Crippen molar-refractivity contribution in [3.8, 4) is 0 Å². The number of benzene rings is 1. The summed E-state index contributed by atoms with van der Waals surface area (Å²) in [5, 5.41) is 12.2. The third-order valence-corrected chi connectivity index (χ3v) is 5.61. The van der Waals surface area contributed by atoms with Crippen LogP contribution in [0.3, 0.4) is 0 Å². The summed E-state index contributed by atoms with van der Waals surface area (Å²) < 4.78 is 2.18. The Bertz CT molecular complexity index is 874. The molecule has 1 N–H and O–H groups in total. The molecule has 0 amide bonds. The van der Waals surface area contributed by atoms with Crippen molar-refractivity contribution in [3.05, 3.63) is 75.7 Å². The van der Waals surface area contributed by atoms with E-state index < -0.39 is 0 Å². The van der Waals surface area contributed by atoms with Gasteiger partial charge in [0.15, 0.2) is 0 Å². The molecule has 6 heteroatoms. The monoisotopic (exact) mass is 406 g/mol. The summed E-state index contributed by atoms with van der Waals surface area (Å²) in [4.78, 5) is 5.05. The fourth-order valence-electron chi connectivity index (χ4n) is 2.97. The highest BCUT2D eigenvalue weighted by molar-refractivity contribution is 7.99. The predicted octanol–water partition coefficient (Wildman–Crippen LogP) is 6.01. The molecule has 3 rings (SSSR count). The van der Waals surface area contributed by atoms with Crippen LogP contribution in [0, 0.1) is 0 Å². The fraction of sp³-hybridized carbons (Fsp3) is 0.250. The normalized spacial score (nSPS) is 11.3. The largest absolute Gasteiger partial charge is 0.392 e. The number of halogens is 2. The zero-order valence-electron chi connectivity index (χ0n) is 14.6. The van der Waals surface area contributed by atoms with Crippen LogP contribution in [0.25, 0.3) is 0 Å². The van der Waals surface area contributed by atoms with Gasteiger partial charge in [-0.3, -0.25) is 4.98 Å². The topological polar surface area (TPSA) is 38.0 Å². The van der Waals surface area contributed by atoms with E-state index in [0.29, 0.717) is 16.6 Å². The van der Waals surface area contributed by atoms with E-state index in [1.807, 2.05) is 30.5 Å². The van der Waals surface area contributed by atoms with E-state index in [0.717, 1.165) is 26.6 Å². The van der Waals surface area contributed by atoms with Crippen LogP contribution in [0.4, 0.5) is 0 Å². The molecule has 0 spiro atoms.